The molecule has 0 unspecified atom stereocenters. The first-order valence-electron chi connectivity index (χ1n) is 10.6. The standard InChI is InChI=1S/C26H28N2O4/c29-17-21(15-19-9-3-1-4-10-19)27-25(31)23-13-7-8-14-24(23)26(32)28-22(18-30)16-20-11-5-2-6-12-20/h1-14,21-22,29-30H,15-18H2,(H,27,31)(H,28,32)/t21-,22+. The first-order chi connectivity index (χ1) is 15.6. The number of rotatable bonds is 10. The minimum atomic E-state index is -0.482. The Morgan fingerprint density at radius 3 is 1.28 bits per heavy atom. The van der Waals surface area contributed by atoms with Crippen LogP contribution in [0.5, 0.6) is 0 Å². The molecule has 0 spiro atoms. The molecule has 2 amide bonds. The Kier molecular flexibility index (Phi) is 8.54. The molecule has 6 heteroatoms. The van der Waals surface area contributed by atoms with Gasteiger partial charge in [0.2, 0.25) is 0 Å². The minimum absolute atomic E-state index is 0.216. The molecule has 0 fully saturated rings. The van der Waals surface area contributed by atoms with Crippen LogP contribution in [0.3, 0.4) is 0 Å². The molecule has 0 bridgehead atoms. The van der Waals surface area contributed by atoms with Gasteiger partial charge in [-0.3, -0.25) is 9.59 Å². The van der Waals surface area contributed by atoms with Crippen LogP contribution in [0.2, 0.25) is 0 Å². The molecule has 0 aliphatic rings. The van der Waals surface area contributed by atoms with E-state index in [1.807, 2.05) is 60.7 Å². The number of carbonyl (C=O) groups is 2. The largest absolute Gasteiger partial charge is 0.394 e. The lowest BCUT2D eigenvalue weighted by Crippen LogP contribution is -2.42. The van der Waals surface area contributed by atoms with Gasteiger partial charge in [-0.15, -0.1) is 0 Å². The molecule has 0 saturated heterocycles. The number of nitrogens with one attached hydrogen (secondary N) is 2. The lowest BCUT2D eigenvalue weighted by molar-refractivity contribution is 0.0882. The maximum absolute atomic E-state index is 12.9. The van der Waals surface area contributed by atoms with Crippen LogP contribution >= 0.6 is 0 Å². The molecule has 0 aliphatic heterocycles. The van der Waals surface area contributed by atoms with Crippen molar-refractivity contribution in [2.45, 2.75) is 24.9 Å². The van der Waals surface area contributed by atoms with Crippen LogP contribution in [0.15, 0.2) is 84.9 Å². The summed E-state index contributed by atoms with van der Waals surface area (Å²) in [5.41, 5.74) is 2.41. The van der Waals surface area contributed by atoms with E-state index in [1.165, 1.54) is 0 Å². The van der Waals surface area contributed by atoms with Crippen molar-refractivity contribution in [1.29, 1.82) is 0 Å². The molecular formula is C26H28N2O4. The zero-order chi connectivity index (χ0) is 22.8. The van der Waals surface area contributed by atoms with Crippen LogP contribution in [0.1, 0.15) is 31.8 Å². The van der Waals surface area contributed by atoms with Gasteiger partial charge in [-0.1, -0.05) is 72.8 Å². The molecule has 0 heterocycles. The molecular weight excluding hydrogens is 404 g/mol. The Hall–Kier alpha value is -3.48. The second kappa shape index (κ2) is 11.8. The fraction of sp³-hybridized carbons (Fsp3) is 0.231. The summed E-state index contributed by atoms with van der Waals surface area (Å²) >= 11 is 0. The molecule has 166 valence electrons. The van der Waals surface area contributed by atoms with Crippen LogP contribution in [-0.4, -0.2) is 47.3 Å². The van der Waals surface area contributed by atoms with Crippen LogP contribution in [0.4, 0.5) is 0 Å². The van der Waals surface area contributed by atoms with Crippen molar-refractivity contribution in [3.8, 4) is 0 Å². The number of aliphatic hydroxyl groups is 2. The average Bonchev–Trinajstić information content (AvgIpc) is 2.84. The third-order valence-electron chi connectivity index (χ3n) is 5.18. The Morgan fingerprint density at radius 1 is 0.594 bits per heavy atom. The van der Waals surface area contributed by atoms with E-state index < -0.39 is 23.9 Å². The van der Waals surface area contributed by atoms with Gasteiger partial charge in [0.15, 0.2) is 0 Å². The van der Waals surface area contributed by atoms with Gasteiger partial charge in [0.25, 0.3) is 11.8 Å². The predicted molar refractivity (Wildman–Crippen MR) is 123 cm³/mol. The van der Waals surface area contributed by atoms with E-state index in [-0.39, 0.29) is 24.3 Å². The molecule has 4 N–H and O–H groups in total. The first-order valence-corrected chi connectivity index (χ1v) is 10.6. The molecule has 0 aliphatic carbocycles. The number of carbonyl (C=O) groups excluding carboxylic acids is 2. The van der Waals surface area contributed by atoms with Gasteiger partial charge in [0.05, 0.1) is 36.4 Å². The molecule has 2 atom stereocenters. The highest BCUT2D eigenvalue weighted by molar-refractivity contribution is 6.07. The van der Waals surface area contributed by atoms with Gasteiger partial charge in [0, 0.05) is 0 Å². The van der Waals surface area contributed by atoms with Gasteiger partial charge in [0.1, 0.15) is 0 Å². The van der Waals surface area contributed by atoms with Gasteiger partial charge in [-0.05, 0) is 36.1 Å². The Bertz CT molecular complexity index is 926. The smallest absolute Gasteiger partial charge is 0.252 e. The maximum Gasteiger partial charge on any atom is 0.252 e. The molecule has 0 radical (unpaired) electrons. The molecule has 32 heavy (non-hydrogen) atoms. The van der Waals surface area contributed by atoms with E-state index in [0.717, 1.165) is 11.1 Å². The Labute approximate surface area is 187 Å². The predicted octanol–water partition coefficient (Wildman–Crippen LogP) is 2.35. The Balaban J connectivity index is 1.69. The quantitative estimate of drug-likeness (QED) is 0.395. The van der Waals surface area contributed by atoms with Gasteiger partial charge >= 0.3 is 0 Å². The van der Waals surface area contributed by atoms with Crippen LogP contribution < -0.4 is 10.6 Å². The van der Waals surface area contributed by atoms with E-state index in [4.69, 9.17) is 0 Å². The van der Waals surface area contributed by atoms with E-state index in [0.29, 0.717) is 12.8 Å². The van der Waals surface area contributed by atoms with Crippen molar-refractivity contribution in [3.63, 3.8) is 0 Å². The van der Waals surface area contributed by atoms with Gasteiger partial charge < -0.3 is 20.8 Å². The number of hydrogen-bond acceptors (Lipinski definition) is 4. The van der Waals surface area contributed by atoms with E-state index >= 15 is 0 Å². The maximum atomic E-state index is 12.9. The van der Waals surface area contributed by atoms with Gasteiger partial charge in [-0.2, -0.15) is 0 Å². The zero-order valence-electron chi connectivity index (χ0n) is 17.8. The highest BCUT2D eigenvalue weighted by Crippen LogP contribution is 2.12. The van der Waals surface area contributed by atoms with Crippen LogP contribution in [-0.2, 0) is 12.8 Å². The molecule has 0 saturated carbocycles. The third kappa shape index (κ3) is 6.51. The lowest BCUT2D eigenvalue weighted by Gasteiger charge is -2.19. The minimum Gasteiger partial charge on any atom is -0.394 e. The van der Waals surface area contributed by atoms with Crippen molar-refractivity contribution in [2.75, 3.05) is 13.2 Å². The fourth-order valence-corrected chi connectivity index (χ4v) is 3.53. The summed E-state index contributed by atoms with van der Waals surface area (Å²) in [6.45, 7) is -0.447. The fourth-order valence-electron chi connectivity index (χ4n) is 3.53. The van der Waals surface area contributed by atoms with Crippen LogP contribution in [0.25, 0.3) is 0 Å². The van der Waals surface area contributed by atoms with Gasteiger partial charge in [-0.25, -0.2) is 0 Å². The van der Waals surface area contributed by atoms with Crippen molar-refractivity contribution in [2.24, 2.45) is 0 Å². The summed E-state index contributed by atoms with van der Waals surface area (Å²) in [6, 6.07) is 24.7. The molecule has 3 aromatic rings. The summed E-state index contributed by atoms with van der Waals surface area (Å²) < 4.78 is 0. The van der Waals surface area contributed by atoms with Crippen molar-refractivity contribution >= 4 is 11.8 Å². The number of benzene rings is 3. The SMILES string of the molecule is O=C(N[C@H](CO)Cc1ccccc1)c1ccccc1C(=O)N[C@@H](CO)Cc1ccccc1. The van der Waals surface area contributed by atoms with E-state index in [2.05, 4.69) is 10.6 Å². The van der Waals surface area contributed by atoms with Crippen LogP contribution in [0, 0.1) is 0 Å². The van der Waals surface area contributed by atoms with Crippen molar-refractivity contribution in [1.82, 2.24) is 10.6 Å². The monoisotopic (exact) mass is 432 g/mol. The normalized spacial score (nSPS) is 12.6. The molecule has 6 nitrogen and oxygen atoms in total. The molecule has 3 rings (SSSR count). The lowest BCUT2D eigenvalue weighted by atomic mass is 10.0. The average molecular weight is 433 g/mol. The summed E-state index contributed by atoms with van der Waals surface area (Å²) in [4.78, 5) is 25.8. The highest BCUT2D eigenvalue weighted by Gasteiger charge is 2.21. The second-order valence-electron chi connectivity index (χ2n) is 7.63. The highest BCUT2D eigenvalue weighted by atomic mass is 16.3. The summed E-state index contributed by atoms with van der Waals surface area (Å²) in [5, 5.41) is 25.1. The summed E-state index contributed by atoms with van der Waals surface area (Å²) in [5.74, 6) is -0.872. The summed E-state index contributed by atoms with van der Waals surface area (Å²) in [7, 11) is 0. The van der Waals surface area contributed by atoms with Crippen molar-refractivity contribution < 1.29 is 19.8 Å². The third-order valence-corrected chi connectivity index (χ3v) is 5.18. The molecule has 3 aromatic carbocycles. The number of amides is 2. The molecule has 0 aromatic heterocycles. The second-order valence-corrected chi connectivity index (χ2v) is 7.63. The number of hydrogen-bond donors (Lipinski definition) is 4. The topological polar surface area (TPSA) is 98.7 Å². The van der Waals surface area contributed by atoms with E-state index in [9.17, 15) is 19.8 Å². The number of aliphatic hydroxyl groups excluding tert-OH is 2. The zero-order valence-corrected chi connectivity index (χ0v) is 17.8. The van der Waals surface area contributed by atoms with Crippen molar-refractivity contribution in [3.05, 3.63) is 107 Å². The first kappa shape index (κ1) is 23.2. The van der Waals surface area contributed by atoms with E-state index in [1.54, 1.807) is 24.3 Å². The Morgan fingerprint density at radius 2 is 0.938 bits per heavy atom. The summed E-state index contributed by atoms with van der Waals surface area (Å²) in [6.07, 6.45) is 0.947.